The van der Waals surface area contributed by atoms with Crippen LogP contribution in [0.1, 0.15) is 49.8 Å². The topological polar surface area (TPSA) is 16.4 Å². The summed E-state index contributed by atoms with van der Waals surface area (Å²) < 4.78 is 6.35. The number of nitrogens with zero attached hydrogens (tertiary/aromatic N) is 1. The lowest BCUT2D eigenvalue weighted by Gasteiger charge is -2.37. The zero-order valence-electron chi connectivity index (χ0n) is 26.9. The average Bonchev–Trinajstić information content (AvgIpc) is 3.60. The van der Waals surface area contributed by atoms with Gasteiger partial charge in [-0.3, -0.25) is 0 Å². The molecule has 3 aliphatic carbocycles. The second kappa shape index (κ2) is 10.9. The molecule has 0 N–H and O–H groups in total. The maximum absolute atomic E-state index is 6.35. The Morgan fingerprint density at radius 1 is 0.681 bits per heavy atom. The second-order valence-electron chi connectivity index (χ2n) is 13.6. The van der Waals surface area contributed by atoms with Crippen LogP contribution in [0.3, 0.4) is 0 Å². The predicted molar refractivity (Wildman–Crippen MR) is 197 cm³/mol. The third-order valence-corrected chi connectivity index (χ3v) is 10.5. The highest BCUT2D eigenvalue weighted by Crippen LogP contribution is 2.53. The first-order valence-electron chi connectivity index (χ1n) is 16.8. The van der Waals surface area contributed by atoms with Gasteiger partial charge in [0.15, 0.2) is 0 Å². The normalized spacial score (nSPS) is 18.2. The lowest BCUT2D eigenvalue weighted by molar-refractivity contribution is 0.636. The highest BCUT2D eigenvalue weighted by molar-refractivity contribution is 6.07. The quantitative estimate of drug-likeness (QED) is 0.194. The summed E-state index contributed by atoms with van der Waals surface area (Å²) in [6.07, 6.45) is 12.6. The third-order valence-electron chi connectivity index (χ3n) is 10.5. The maximum atomic E-state index is 6.35. The van der Waals surface area contributed by atoms with Crippen LogP contribution in [0, 0.1) is 0 Å². The summed E-state index contributed by atoms with van der Waals surface area (Å²) in [6, 6.07) is 43.9. The number of furan rings is 1. The molecule has 9 rings (SSSR count). The molecule has 6 aromatic rings. The fraction of sp³-hybridized carbons (Fsp3) is 0.156. The van der Waals surface area contributed by atoms with Crippen molar-refractivity contribution in [3.63, 3.8) is 0 Å². The minimum absolute atomic E-state index is 0.116. The van der Waals surface area contributed by atoms with Crippen molar-refractivity contribution in [2.45, 2.75) is 44.6 Å². The number of rotatable bonds is 5. The minimum Gasteiger partial charge on any atom is -0.456 e. The van der Waals surface area contributed by atoms with Gasteiger partial charge in [-0.25, -0.2) is 0 Å². The fourth-order valence-electron chi connectivity index (χ4n) is 8.08. The number of allylic oxidation sites excluding steroid dienone is 6. The molecular formula is C45H37NO. The molecular weight excluding hydrogens is 571 g/mol. The monoisotopic (exact) mass is 607 g/mol. The van der Waals surface area contributed by atoms with Gasteiger partial charge in [0.05, 0.1) is 6.04 Å². The Balaban J connectivity index is 1.12. The van der Waals surface area contributed by atoms with Gasteiger partial charge in [0.2, 0.25) is 0 Å². The molecule has 228 valence electrons. The van der Waals surface area contributed by atoms with E-state index in [4.69, 9.17) is 4.42 Å². The van der Waals surface area contributed by atoms with Crippen molar-refractivity contribution in [3.8, 4) is 11.1 Å². The molecule has 0 fully saturated rings. The largest absolute Gasteiger partial charge is 0.456 e. The van der Waals surface area contributed by atoms with E-state index in [1.807, 2.05) is 0 Å². The molecule has 0 aliphatic heterocycles. The first kappa shape index (κ1) is 27.9. The Hall–Kier alpha value is -5.34. The third kappa shape index (κ3) is 4.62. The molecule has 2 heteroatoms. The number of hydrogen-bond acceptors (Lipinski definition) is 2. The standard InChI is InChI=1S/C45H37NO/c1-45(2)41-27-36(25-26-37(41)39-28-40-38-15-9-10-16-43(38)47-44(40)29-42(39)45)46(34-21-17-32(18-22-34)30-11-5-3-6-12-30)35-23-19-33(20-24-35)31-13-7-4-8-14-31/h3-23,27-29,35H,24-26H2,1-2H3. The summed E-state index contributed by atoms with van der Waals surface area (Å²) >= 11 is 0. The van der Waals surface area contributed by atoms with E-state index in [1.54, 1.807) is 0 Å². The van der Waals surface area contributed by atoms with Crippen LogP contribution in [0.25, 0.3) is 44.2 Å². The van der Waals surface area contributed by atoms with Crippen LogP contribution in [0.2, 0.25) is 0 Å². The highest BCUT2D eigenvalue weighted by atomic mass is 16.3. The van der Waals surface area contributed by atoms with Crippen LogP contribution < -0.4 is 4.90 Å². The molecule has 1 atom stereocenters. The van der Waals surface area contributed by atoms with Crippen molar-refractivity contribution in [2.75, 3.05) is 4.90 Å². The lowest BCUT2D eigenvalue weighted by Crippen LogP contribution is -2.35. The number of anilines is 1. The van der Waals surface area contributed by atoms with Gasteiger partial charge in [-0.05, 0) is 100 Å². The fourth-order valence-corrected chi connectivity index (χ4v) is 8.08. The van der Waals surface area contributed by atoms with E-state index >= 15 is 0 Å². The second-order valence-corrected chi connectivity index (χ2v) is 13.6. The van der Waals surface area contributed by atoms with E-state index in [2.05, 4.69) is 164 Å². The average molecular weight is 608 g/mol. The van der Waals surface area contributed by atoms with E-state index in [0.717, 1.165) is 30.4 Å². The number of para-hydroxylation sites is 1. The van der Waals surface area contributed by atoms with Gasteiger partial charge in [-0.1, -0.05) is 123 Å². The van der Waals surface area contributed by atoms with Crippen molar-refractivity contribution >= 4 is 38.8 Å². The smallest absolute Gasteiger partial charge is 0.135 e. The molecule has 0 bridgehead atoms. The Morgan fingerprint density at radius 3 is 2.13 bits per heavy atom. The Bertz CT molecular complexity index is 2280. The molecule has 1 unspecified atom stereocenters. The first-order valence-corrected chi connectivity index (χ1v) is 16.8. The summed E-state index contributed by atoms with van der Waals surface area (Å²) in [4.78, 5) is 2.60. The zero-order chi connectivity index (χ0) is 31.5. The molecule has 5 aromatic carbocycles. The molecule has 47 heavy (non-hydrogen) atoms. The van der Waals surface area contributed by atoms with Crippen molar-refractivity contribution in [2.24, 2.45) is 0 Å². The first-order chi connectivity index (χ1) is 23.0. The maximum Gasteiger partial charge on any atom is 0.135 e. The van der Waals surface area contributed by atoms with Crippen molar-refractivity contribution < 1.29 is 4.42 Å². The van der Waals surface area contributed by atoms with Crippen molar-refractivity contribution in [1.29, 1.82) is 0 Å². The molecule has 1 aromatic heterocycles. The Kier molecular flexibility index (Phi) is 6.47. The molecule has 0 spiro atoms. The summed E-state index contributed by atoms with van der Waals surface area (Å²) in [7, 11) is 0. The van der Waals surface area contributed by atoms with E-state index < -0.39 is 0 Å². The Morgan fingerprint density at radius 2 is 1.38 bits per heavy atom. The van der Waals surface area contributed by atoms with Gasteiger partial charge in [0.1, 0.15) is 11.2 Å². The number of benzene rings is 5. The van der Waals surface area contributed by atoms with Crippen LogP contribution in [-0.4, -0.2) is 6.04 Å². The van der Waals surface area contributed by atoms with Gasteiger partial charge < -0.3 is 9.32 Å². The summed E-state index contributed by atoms with van der Waals surface area (Å²) in [5, 5.41) is 2.41. The highest BCUT2D eigenvalue weighted by Gasteiger charge is 2.40. The van der Waals surface area contributed by atoms with Gasteiger partial charge in [-0.2, -0.15) is 0 Å². The SMILES string of the molecule is CC1(C)C2=C(CCC(N(c3ccc(-c4ccccc4)cc3)C3C=CC(c4ccccc4)=CC3)=C2)c2cc3c(cc21)oc1ccccc13. The molecule has 0 saturated heterocycles. The summed E-state index contributed by atoms with van der Waals surface area (Å²) in [6.45, 7) is 4.77. The summed E-state index contributed by atoms with van der Waals surface area (Å²) in [5.74, 6) is 0. The van der Waals surface area contributed by atoms with Crippen LogP contribution >= 0.6 is 0 Å². The van der Waals surface area contributed by atoms with E-state index in [9.17, 15) is 0 Å². The van der Waals surface area contributed by atoms with E-state index in [0.29, 0.717) is 0 Å². The zero-order valence-corrected chi connectivity index (χ0v) is 26.9. The van der Waals surface area contributed by atoms with Gasteiger partial charge >= 0.3 is 0 Å². The van der Waals surface area contributed by atoms with Gasteiger partial charge in [-0.15, -0.1) is 0 Å². The van der Waals surface area contributed by atoms with Crippen LogP contribution in [-0.2, 0) is 5.41 Å². The van der Waals surface area contributed by atoms with Crippen molar-refractivity contribution in [3.05, 3.63) is 174 Å². The molecule has 0 radical (unpaired) electrons. The Labute approximate surface area is 276 Å². The van der Waals surface area contributed by atoms with Crippen LogP contribution in [0.15, 0.2) is 161 Å². The molecule has 1 heterocycles. The molecule has 3 aliphatic rings. The summed E-state index contributed by atoms with van der Waals surface area (Å²) in [5.41, 5.74) is 15.2. The molecule has 0 amide bonds. The van der Waals surface area contributed by atoms with Gasteiger partial charge in [0.25, 0.3) is 0 Å². The minimum atomic E-state index is -0.116. The number of hydrogen-bond donors (Lipinski definition) is 0. The van der Waals surface area contributed by atoms with Crippen molar-refractivity contribution in [1.82, 2.24) is 0 Å². The van der Waals surface area contributed by atoms with E-state index in [-0.39, 0.29) is 11.5 Å². The lowest BCUT2D eigenvalue weighted by atomic mass is 9.79. The molecule has 2 nitrogen and oxygen atoms in total. The van der Waals surface area contributed by atoms with Crippen LogP contribution in [0.5, 0.6) is 0 Å². The predicted octanol–water partition coefficient (Wildman–Crippen LogP) is 11.9. The van der Waals surface area contributed by atoms with E-state index in [1.165, 1.54) is 66.7 Å². The molecule has 0 saturated carbocycles. The van der Waals surface area contributed by atoms with Gasteiger partial charge in [0, 0.05) is 27.6 Å². The number of fused-ring (bicyclic) bond motifs is 5. The van der Waals surface area contributed by atoms with Crippen LogP contribution in [0.4, 0.5) is 5.69 Å².